The summed E-state index contributed by atoms with van der Waals surface area (Å²) in [4.78, 5) is 39.7. The van der Waals surface area contributed by atoms with Crippen LogP contribution in [0.1, 0.15) is 37.7 Å². The number of aromatic nitrogens is 2. The van der Waals surface area contributed by atoms with Crippen LogP contribution in [0.25, 0.3) is 0 Å². The van der Waals surface area contributed by atoms with E-state index < -0.39 is 5.60 Å². The maximum Gasteiger partial charge on any atom is 0.254 e. The van der Waals surface area contributed by atoms with E-state index in [1.54, 1.807) is 37.9 Å². The number of carbonyl (C=O) groups is 2. The predicted octanol–water partition coefficient (Wildman–Crippen LogP) is 2.59. The Bertz CT molecular complexity index is 994. The highest BCUT2D eigenvalue weighted by atomic mass is 19.1. The fourth-order valence-electron chi connectivity index (χ4n) is 3.62. The molecule has 1 aromatic carbocycles. The van der Waals surface area contributed by atoms with E-state index in [4.69, 9.17) is 9.72 Å². The summed E-state index contributed by atoms with van der Waals surface area (Å²) in [6, 6.07) is 7.76. The Balaban J connectivity index is 1.85. The molecule has 1 atom stereocenters. The summed E-state index contributed by atoms with van der Waals surface area (Å²) in [5.74, 6) is 0.486. The Morgan fingerprint density at radius 2 is 1.88 bits per heavy atom. The second-order valence-corrected chi connectivity index (χ2v) is 8.72. The molecule has 1 fully saturated rings. The molecular weight excluding hydrogens is 413 g/mol. The maximum atomic E-state index is 13.3. The molecule has 0 saturated carbocycles. The van der Waals surface area contributed by atoms with Crippen molar-refractivity contribution in [2.45, 2.75) is 38.3 Å². The van der Waals surface area contributed by atoms with Gasteiger partial charge in [-0.05, 0) is 38.1 Å². The van der Waals surface area contributed by atoms with E-state index in [2.05, 4.69) is 4.98 Å². The van der Waals surface area contributed by atoms with E-state index in [-0.39, 0.29) is 30.1 Å². The van der Waals surface area contributed by atoms with Gasteiger partial charge in [-0.2, -0.15) is 0 Å². The van der Waals surface area contributed by atoms with Gasteiger partial charge >= 0.3 is 0 Å². The number of carbonyl (C=O) groups excluding carboxylic acids is 2. The molecule has 0 aliphatic carbocycles. The molecule has 1 aromatic heterocycles. The molecule has 0 bridgehead atoms. The first-order valence-electron chi connectivity index (χ1n) is 10.4. The highest BCUT2D eigenvalue weighted by Crippen LogP contribution is 2.32. The lowest BCUT2D eigenvalue weighted by atomic mass is 10.0. The zero-order chi connectivity index (χ0) is 23.6. The van der Waals surface area contributed by atoms with Crippen LogP contribution in [-0.2, 0) is 20.9 Å². The van der Waals surface area contributed by atoms with Gasteiger partial charge in [-0.25, -0.2) is 14.4 Å². The summed E-state index contributed by atoms with van der Waals surface area (Å²) in [7, 11) is 6.94. The lowest BCUT2D eigenvalue weighted by Crippen LogP contribution is -2.44. The van der Waals surface area contributed by atoms with E-state index in [0.717, 1.165) is 5.69 Å². The lowest BCUT2D eigenvalue weighted by Gasteiger charge is -2.28. The molecule has 2 amide bonds. The Hall–Kier alpha value is -3.07. The zero-order valence-electron chi connectivity index (χ0n) is 19.4. The largest absolute Gasteiger partial charge is 0.369 e. The SMILES string of the molecule is COC(C)(C)C(=O)N(C)Cc1nc([C@H]2CC(=O)N(c3ccc(F)cc3)C2)cc(N(C)C)n1. The van der Waals surface area contributed by atoms with Crippen molar-refractivity contribution in [1.82, 2.24) is 14.9 Å². The number of nitrogens with zero attached hydrogens (tertiary/aromatic N) is 5. The number of benzene rings is 1. The molecule has 0 radical (unpaired) electrons. The number of anilines is 2. The molecule has 32 heavy (non-hydrogen) atoms. The third-order valence-corrected chi connectivity index (χ3v) is 5.67. The normalized spacial score (nSPS) is 16.4. The summed E-state index contributed by atoms with van der Waals surface area (Å²) >= 11 is 0. The molecule has 2 heterocycles. The van der Waals surface area contributed by atoms with Crippen molar-refractivity contribution in [3.8, 4) is 0 Å². The highest BCUT2D eigenvalue weighted by molar-refractivity contribution is 5.96. The molecule has 0 N–H and O–H groups in total. The summed E-state index contributed by atoms with van der Waals surface area (Å²) in [5, 5.41) is 0. The molecule has 3 rings (SSSR count). The quantitative estimate of drug-likeness (QED) is 0.655. The number of amides is 2. The minimum atomic E-state index is -0.954. The van der Waals surface area contributed by atoms with Gasteiger partial charge in [0.2, 0.25) is 5.91 Å². The Morgan fingerprint density at radius 3 is 2.47 bits per heavy atom. The summed E-state index contributed by atoms with van der Waals surface area (Å²) < 4.78 is 18.6. The molecule has 0 spiro atoms. The van der Waals surface area contributed by atoms with E-state index in [1.165, 1.54) is 24.1 Å². The maximum absolute atomic E-state index is 13.3. The highest BCUT2D eigenvalue weighted by Gasteiger charge is 2.34. The summed E-state index contributed by atoms with van der Waals surface area (Å²) in [5.41, 5.74) is 0.446. The van der Waals surface area contributed by atoms with Crippen LogP contribution in [0.2, 0.25) is 0 Å². The van der Waals surface area contributed by atoms with Gasteiger partial charge in [0, 0.05) is 58.9 Å². The molecule has 1 saturated heterocycles. The lowest BCUT2D eigenvalue weighted by molar-refractivity contribution is -0.150. The number of ether oxygens (including phenoxy) is 1. The average molecular weight is 444 g/mol. The number of hydrogen-bond acceptors (Lipinski definition) is 6. The first kappa shape index (κ1) is 23.6. The van der Waals surface area contributed by atoms with Crippen LogP contribution >= 0.6 is 0 Å². The van der Waals surface area contributed by atoms with Crippen molar-refractivity contribution in [3.63, 3.8) is 0 Å². The first-order valence-corrected chi connectivity index (χ1v) is 10.4. The van der Waals surface area contributed by atoms with Crippen LogP contribution in [0, 0.1) is 5.82 Å². The topological polar surface area (TPSA) is 78.9 Å². The van der Waals surface area contributed by atoms with E-state index in [1.807, 2.05) is 25.1 Å². The van der Waals surface area contributed by atoms with Gasteiger partial charge in [0.1, 0.15) is 23.1 Å². The van der Waals surface area contributed by atoms with E-state index in [0.29, 0.717) is 30.3 Å². The minimum Gasteiger partial charge on any atom is -0.369 e. The molecule has 9 heteroatoms. The van der Waals surface area contributed by atoms with Gasteiger partial charge in [0.15, 0.2) is 0 Å². The molecule has 172 valence electrons. The Morgan fingerprint density at radius 1 is 1.22 bits per heavy atom. The molecule has 1 aliphatic heterocycles. The monoisotopic (exact) mass is 443 g/mol. The van der Waals surface area contributed by atoms with Crippen molar-refractivity contribution in [1.29, 1.82) is 0 Å². The number of likely N-dealkylation sites (N-methyl/N-ethyl adjacent to an activating group) is 1. The first-order chi connectivity index (χ1) is 15.0. The zero-order valence-corrected chi connectivity index (χ0v) is 19.4. The van der Waals surface area contributed by atoms with Crippen molar-refractivity contribution in [3.05, 3.63) is 47.7 Å². The fraction of sp³-hybridized carbons (Fsp3) is 0.478. The van der Waals surface area contributed by atoms with Gasteiger partial charge in [-0.1, -0.05) is 0 Å². The molecule has 0 unspecified atom stereocenters. The van der Waals surface area contributed by atoms with Crippen LogP contribution in [-0.4, -0.2) is 67.1 Å². The average Bonchev–Trinajstić information content (AvgIpc) is 3.15. The number of methoxy groups -OCH3 is 1. The fourth-order valence-corrected chi connectivity index (χ4v) is 3.62. The van der Waals surface area contributed by atoms with E-state index in [9.17, 15) is 14.0 Å². The number of hydrogen-bond donors (Lipinski definition) is 0. The Labute approximate surface area is 188 Å². The van der Waals surface area contributed by atoms with Crippen LogP contribution in [0.3, 0.4) is 0 Å². The van der Waals surface area contributed by atoms with Crippen LogP contribution in [0.5, 0.6) is 0 Å². The third-order valence-electron chi connectivity index (χ3n) is 5.67. The standard InChI is InChI=1S/C23H30FN5O3/c1-23(2,32-6)22(31)28(5)14-19-25-18(12-20(26-19)27(3)4)15-11-21(30)29(13-15)17-9-7-16(24)8-10-17/h7-10,12,15H,11,13-14H2,1-6H3/t15-/m0/s1. The smallest absolute Gasteiger partial charge is 0.254 e. The van der Waals surface area contributed by atoms with Crippen molar-refractivity contribution in [2.24, 2.45) is 0 Å². The molecule has 2 aromatic rings. The summed E-state index contributed by atoms with van der Waals surface area (Å²) in [6.45, 7) is 4.08. The molecular formula is C23H30FN5O3. The van der Waals surface area contributed by atoms with Gasteiger partial charge in [-0.15, -0.1) is 0 Å². The number of halogens is 1. The van der Waals surface area contributed by atoms with Crippen molar-refractivity contribution < 1.29 is 18.7 Å². The van der Waals surface area contributed by atoms with Gasteiger partial charge in [-0.3, -0.25) is 9.59 Å². The summed E-state index contributed by atoms with van der Waals surface area (Å²) in [6.07, 6.45) is 0.298. The van der Waals surface area contributed by atoms with Gasteiger partial charge in [0.05, 0.1) is 12.2 Å². The second kappa shape index (κ2) is 9.20. The van der Waals surface area contributed by atoms with Crippen molar-refractivity contribution >= 4 is 23.3 Å². The molecule has 1 aliphatic rings. The minimum absolute atomic E-state index is 0.0395. The van der Waals surface area contributed by atoms with Crippen LogP contribution in [0.15, 0.2) is 30.3 Å². The van der Waals surface area contributed by atoms with E-state index >= 15 is 0 Å². The number of rotatable bonds is 7. The Kier molecular flexibility index (Phi) is 6.78. The van der Waals surface area contributed by atoms with Crippen molar-refractivity contribution in [2.75, 3.05) is 44.6 Å². The molecule has 8 nitrogen and oxygen atoms in total. The predicted molar refractivity (Wildman–Crippen MR) is 120 cm³/mol. The van der Waals surface area contributed by atoms with Gasteiger partial charge in [0.25, 0.3) is 5.91 Å². The second-order valence-electron chi connectivity index (χ2n) is 8.72. The third kappa shape index (κ3) is 5.04. The van der Waals surface area contributed by atoms with Gasteiger partial charge < -0.3 is 19.4 Å². The van der Waals surface area contributed by atoms with Crippen LogP contribution < -0.4 is 9.80 Å². The van der Waals surface area contributed by atoms with Crippen LogP contribution in [0.4, 0.5) is 15.9 Å².